The highest BCUT2D eigenvalue weighted by molar-refractivity contribution is 5.97. The predicted octanol–water partition coefficient (Wildman–Crippen LogP) is 2.51. The lowest BCUT2D eigenvalue weighted by Gasteiger charge is -2.26. The minimum Gasteiger partial charge on any atom is -0.492 e. The number of benzene rings is 1. The monoisotopic (exact) mass is 428 g/mol. The van der Waals surface area contributed by atoms with Crippen molar-refractivity contribution in [2.24, 2.45) is 5.92 Å². The molecule has 2 heterocycles. The molecule has 8 nitrogen and oxygen atoms in total. The summed E-state index contributed by atoms with van der Waals surface area (Å²) in [6, 6.07) is 3.39. The molecule has 2 aliphatic rings. The molecule has 1 aliphatic heterocycles. The number of aromatic carboxylic acids is 1. The summed E-state index contributed by atoms with van der Waals surface area (Å²) < 4.78 is 22.7. The van der Waals surface area contributed by atoms with Crippen LogP contribution in [-0.4, -0.2) is 48.9 Å². The number of carbonyl (C=O) groups is 1. The Bertz CT molecular complexity index is 1140. The van der Waals surface area contributed by atoms with Gasteiger partial charge in [0.1, 0.15) is 11.3 Å². The number of carboxylic acid groups (broad SMARTS) is 1. The summed E-state index contributed by atoms with van der Waals surface area (Å²) in [5, 5.41) is 21.7. The molecular weight excluding hydrogens is 403 g/mol. The van der Waals surface area contributed by atoms with Crippen molar-refractivity contribution >= 4 is 22.6 Å². The molecule has 0 radical (unpaired) electrons. The second-order valence-electron chi connectivity index (χ2n) is 8.20. The maximum Gasteiger partial charge on any atom is 0.341 e. The van der Waals surface area contributed by atoms with E-state index in [4.69, 9.17) is 10.00 Å². The number of aromatic nitrogens is 1. The molecular formula is C22H25FN4O4. The molecule has 2 N–H and O–H groups in total. The molecule has 1 aliphatic carbocycles. The van der Waals surface area contributed by atoms with Gasteiger partial charge in [-0.05, 0) is 38.3 Å². The fraction of sp³-hybridized carbons (Fsp3) is 0.500. The topological polar surface area (TPSA) is 108 Å². The summed E-state index contributed by atoms with van der Waals surface area (Å²) in [6.07, 6.45) is 4.23. The van der Waals surface area contributed by atoms with E-state index in [1.54, 1.807) is 4.57 Å². The van der Waals surface area contributed by atoms with Gasteiger partial charge in [0.25, 0.3) is 0 Å². The highest BCUT2D eigenvalue weighted by Crippen LogP contribution is 2.44. The standard InChI is InChI=1S/C22H25FN4O4/c1-25-17(5-7-24)12-6-8-26(10-12)19-16(23)9-14-18(21(19)31-2)27(13-3-4-13)11-15(20(14)28)22(29)30/h9,11-13,17,25H,3-6,8,10H2,1-2H3,(H,29,30). The number of methoxy groups -OCH3 is 1. The van der Waals surface area contributed by atoms with Crippen LogP contribution in [0.15, 0.2) is 17.1 Å². The number of pyridine rings is 1. The summed E-state index contributed by atoms with van der Waals surface area (Å²) in [7, 11) is 3.25. The lowest BCUT2D eigenvalue weighted by Crippen LogP contribution is -2.35. The van der Waals surface area contributed by atoms with E-state index in [2.05, 4.69) is 11.4 Å². The normalized spacial score (nSPS) is 19.4. The number of nitriles is 1. The van der Waals surface area contributed by atoms with Gasteiger partial charge in [0.15, 0.2) is 11.6 Å². The quantitative estimate of drug-likeness (QED) is 0.698. The lowest BCUT2D eigenvalue weighted by molar-refractivity contribution is 0.0695. The minimum atomic E-state index is -1.33. The van der Waals surface area contributed by atoms with E-state index in [-0.39, 0.29) is 40.4 Å². The van der Waals surface area contributed by atoms with E-state index in [0.717, 1.165) is 25.3 Å². The van der Waals surface area contributed by atoms with Crippen LogP contribution in [0, 0.1) is 23.1 Å². The van der Waals surface area contributed by atoms with Gasteiger partial charge in [0.2, 0.25) is 5.43 Å². The number of rotatable bonds is 7. The van der Waals surface area contributed by atoms with Gasteiger partial charge in [0, 0.05) is 31.4 Å². The van der Waals surface area contributed by atoms with Gasteiger partial charge >= 0.3 is 5.97 Å². The van der Waals surface area contributed by atoms with Crippen molar-refractivity contribution < 1.29 is 19.0 Å². The van der Waals surface area contributed by atoms with E-state index < -0.39 is 17.2 Å². The molecule has 2 aromatic rings. The molecule has 4 rings (SSSR count). The summed E-state index contributed by atoms with van der Waals surface area (Å²) in [5.41, 5.74) is -0.377. The number of fused-ring (bicyclic) bond motifs is 1. The Hall–Kier alpha value is -3.12. The lowest BCUT2D eigenvalue weighted by atomic mass is 9.97. The van der Waals surface area contributed by atoms with Crippen molar-refractivity contribution in [2.45, 2.75) is 37.8 Å². The fourth-order valence-corrected chi connectivity index (χ4v) is 4.65. The van der Waals surface area contributed by atoms with Crippen LogP contribution in [0.2, 0.25) is 0 Å². The largest absolute Gasteiger partial charge is 0.492 e. The number of nitrogens with zero attached hydrogens (tertiary/aromatic N) is 3. The van der Waals surface area contributed by atoms with Crippen molar-refractivity contribution in [3.63, 3.8) is 0 Å². The summed E-state index contributed by atoms with van der Waals surface area (Å²) >= 11 is 0. The molecule has 1 saturated heterocycles. The third kappa shape index (κ3) is 3.61. The fourth-order valence-electron chi connectivity index (χ4n) is 4.65. The van der Waals surface area contributed by atoms with E-state index in [0.29, 0.717) is 25.0 Å². The smallest absolute Gasteiger partial charge is 0.341 e. The second-order valence-corrected chi connectivity index (χ2v) is 8.20. The first-order valence-corrected chi connectivity index (χ1v) is 10.4. The van der Waals surface area contributed by atoms with Gasteiger partial charge in [-0.15, -0.1) is 0 Å². The Kier molecular flexibility index (Phi) is 5.58. The number of hydrogen-bond acceptors (Lipinski definition) is 6. The van der Waals surface area contributed by atoms with Gasteiger partial charge in [-0.3, -0.25) is 4.79 Å². The maximum atomic E-state index is 15.4. The minimum absolute atomic E-state index is 0.00674. The number of ether oxygens (including phenoxy) is 1. The zero-order valence-electron chi connectivity index (χ0n) is 17.5. The highest BCUT2D eigenvalue weighted by Gasteiger charge is 2.35. The first-order chi connectivity index (χ1) is 14.9. The Morgan fingerprint density at radius 1 is 1.45 bits per heavy atom. The molecule has 164 valence electrons. The molecule has 31 heavy (non-hydrogen) atoms. The Labute approximate surface area is 178 Å². The number of nitrogens with one attached hydrogen (secondary N) is 1. The second kappa shape index (κ2) is 8.19. The average Bonchev–Trinajstić information content (AvgIpc) is 3.48. The van der Waals surface area contributed by atoms with Crippen LogP contribution in [-0.2, 0) is 0 Å². The van der Waals surface area contributed by atoms with Gasteiger partial charge in [0.05, 0.1) is 30.5 Å². The summed E-state index contributed by atoms with van der Waals surface area (Å²) in [6.45, 7) is 1.14. The van der Waals surface area contributed by atoms with Crippen molar-refractivity contribution in [3.8, 4) is 11.8 Å². The number of anilines is 1. The van der Waals surface area contributed by atoms with E-state index in [1.807, 2.05) is 11.9 Å². The van der Waals surface area contributed by atoms with Crippen LogP contribution in [0.25, 0.3) is 10.9 Å². The van der Waals surface area contributed by atoms with Gasteiger partial charge in [-0.2, -0.15) is 5.26 Å². The van der Waals surface area contributed by atoms with Crippen LogP contribution < -0.4 is 20.4 Å². The Balaban J connectivity index is 1.86. The van der Waals surface area contributed by atoms with Crippen molar-refractivity contribution in [1.82, 2.24) is 9.88 Å². The summed E-state index contributed by atoms with van der Waals surface area (Å²) in [4.78, 5) is 26.3. The molecule has 0 amide bonds. The number of halogens is 1. The van der Waals surface area contributed by atoms with Crippen LogP contribution >= 0.6 is 0 Å². The molecule has 1 aromatic heterocycles. The van der Waals surface area contributed by atoms with E-state index >= 15 is 4.39 Å². The molecule has 2 unspecified atom stereocenters. The predicted molar refractivity (Wildman–Crippen MR) is 113 cm³/mol. The first-order valence-electron chi connectivity index (χ1n) is 10.4. The number of hydrogen-bond donors (Lipinski definition) is 2. The zero-order valence-corrected chi connectivity index (χ0v) is 17.5. The molecule has 1 saturated carbocycles. The average molecular weight is 428 g/mol. The van der Waals surface area contributed by atoms with E-state index in [9.17, 15) is 14.7 Å². The molecule has 2 fully saturated rings. The molecule has 2 atom stereocenters. The molecule has 0 bridgehead atoms. The highest BCUT2D eigenvalue weighted by atomic mass is 19.1. The van der Waals surface area contributed by atoms with Gasteiger partial charge in [-0.25, -0.2) is 9.18 Å². The van der Waals surface area contributed by atoms with Crippen molar-refractivity contribution in [1.29, 1.82) is 5.26 Å². The third-order valence-electron chi connectivity index (χ3n) is 6.36. The van der Waals surface area contributed by atoms with Crippen LogP contribution in [0.4, 0.5) is 10.1 Å². The van der Waals surface area contributed by atoms with Crippen LogP contribution in [0.3, 0.4) is 0 Å². The first kappa shape index (κ1) is 21.1. The van der Waals surface area contributed by atoms with Crippen LogP contribution in [0.5, 0.6) is 5.75 Å². The van der Waals surface area contributed by atoms with Crippen molar-refractivity contribution in [2.75, 3.05) is 32.1 Å². The van der Waals surface area contributed by atoms with Crippen LogP contribution in [0.1, 0.15) is 42.1 Å². The van der Waals surface area contributed by atoms with E-state index in [1.165, 1.54) is 13.3 Å². The number of carboxylic acids is 1. The zero-order chi connectivity index (χ0) is 22.3. The molecule has 9 heteroatoms. The van der Waals surface area contributed by atoms with Gasteiger partial charge < -0.3 is 24.6 Å². The molecule has 1 aromatic carbocycles. The SMILES string of the molecule is CNC(CC#N)C1CCN(c2c(F)cc3c(=O)c(C(=O)O)cn(C4CC4)c3c2OC)C1. The van der Waals surface area contributed by atoms with Gasteiger partial charge in [-0.1, -0.05) is 0 Å². The Morgan fingerprint density at radius 3 is 2.77 bits per heavy atom. The Morgan fingerprint density at radius 2 is 2.19 bits per heavy atom. The van der Waals surface area contributed by atoms with Crippen molar-refractivity contribution in [3.05, 3.63) is 33.9 Å². The third-order valence-corrected chi connectivity index (χ3v) is 6.36. The summed E-state index contributed by atoms with van der Waals surface area (Å²) in [5.74, 6) is -1.53. The molecule has 0 spiro atoms. The maximum absolute atomic E-state index is 15.4.